The van der Waals surface area contributed by atoms with Crippen LogP contribution in [-0.4, -0.2) is 42.6 Å². The first-order chi connectivity index (χ1) is 12.2. The van der Waals surface area contributed by atoms with Gasteiger partial charge in [0.05, 0.1) is 0 Å². The molecular formula is C21H32N2O2. The van der Waals surface area contributed by atoms with Crippen LogP contribution in [0.5, 0.6) is 5.75 Å². The van der Waals surface area contributed by atoms with Gasteiger partial charge in [0.25, 0.3) is 0 Å². The highest BCUT2D eigenvalue weighted by molar-refractivity contribution is 5.79. The fourth-order valence-corrected chi connectivity index (χ4v) is 4.28. The Morgan fingerprint density at radius 3 is 2.72 bits per heavy atom. The van der Waals surface area contributed by atoms with Gasteiger partial charge in [-0.15, -0.1) is 0 Å². The van der Waals surface area contributed by atoms with Crippen molar-refractivity contribution in [2.24, 2.45) is 0 Å². The monoisotopic (exact) mass is 344 g/mol. The Morgan fingerprint density at radius 2 is 2.04 bits per heavy atom. The lowest BCUT2D eigenvalue weighted by atomic mass is 9.86. The van der Waals surface area contributed by atoms with Gasteiger partial charge in [0.15, 0.2) is 0 Å². The number of benzene rings is 1. The second-order valence-corrected chi connectivity index (χ2v) is 7.40. The molecule has 2 atom stereocenters. The van der Waals surface area contributed by atoms with E-state index in [1.807, 2.05) is 12.1 Å². The summed E-state index contributed by atoms with van der Waals surface area (Å²) >= 11 is 0. The zero-order valence-electron chi connectivity index (χ0n) is 15.7. The van der Waals surface area contributed by atoms with Crippen molar-refractivity contribution in [3.8, 4) is 5.75 Å². The van der Waals surface area contributed by atoms with E-state index in [1.165, 1.54) is 37.1 Å². The Hall–Kier alpha value is -1.39. The minimum absolute atomic E-state index is 0.119. The topological polar surface area (TPSA) is 41.6 Å². The van der Waals surface area contributed by atoms with Crippen LogP contribution in [-0.2, 0) is 17.6 Å². The number of fused-ring (bicyclic) bond motifs is 1. The molecule has 2 aliphatic rings. The van der Waals surface area contributed by atoms with Crippen LogP contribution in [0.4, 0.5) is 0 Å². The molecule has 0 bridgehead atoms. The van der Waals surface area contributed by atoms with Crippen molar-refractivity contribution in [3.63, 3.8) is 0 Å². The second-order valence-electron chi connectivity index (χ2n) is 7.40. The van der Waals surface area contributed by atoms with E-state index in [9.17, 15) is 4.79 Å². The molecule has 1 heterocycles. The predicted molar refractivity (Wildman–Crippen MR) is 101 cm³/mol. The highest BCUT2D eigenvalue weighted by atomic mass is 16.5. The Balaban J connectivity index is 1.70. The van der Waals surface area contributed by atoms with Gasteiger partial charge in [-0.2, -0.15) is 0 Å². The van der Waals surface area contributed by atoms with Crippen molar-refractivity contribution in [2.45, 2.75) is 70.9 Å². The molecule has 0 saturated carbocycles. The largest absolute Gasteiger partial charge is 0.425 e. The van der Waals surface area contributed by atoms with Crippen LogP contribution in [0.3, 0.4) is 0 Å². The Morgan fingerprint density at radius 1 is 1.24 bits per heavy atom. The quantitative estimate of drug-likeness (QED) is 0.608. The summed E-state index contributed by atoms with van der Waals surface area (Å²) < 4.78 is 5.77. The molecule has 1 aromatic carbocycles. The van der Waals surface area contributed by atoms with E-state index in [-0.39, 0.29) is 12.0 Å². The molecule has 1 fully saturated rings. The summed E-state index contributed by atoms with van der Waals surface area (Å²) in [6.07, 6.45) is 7.58. The summed E-state index contributed by atoms with van der Waals surface area (Å²) in [5, 5.41) is 3.23. The van der Waals surface area contributed by atoms with E-state index in [2.05, 4.69) is 30.1 Å². The van der Waals surface area contributed by atoms with E-state index < -0.39 is 0 Å². The Labute approximate surface area is 151 Å². The van der Waals surface area contributed by atoms with Gasteiger partial charge in [-0.3, -0.25) is 0 Å². The third kappa shape index (κ3) is 4.42. The summed E-state index contributed by atoms with van der Waals surface area (Å²) in [6.45, 7) is 7.78. The van der Waals surface area contributed by atoms with Gasteiger partial charge < -0.3 is 15.0 Å². The number of esters is 1. The van der Waals surface area contributed by atoms with Gasteiger partial charge in [0.1, 0.15) is 11.8 Å². The third-order valence-corrected chi connectivity index (χ3v) is 5.51. The molecule has 0 spiro atoms. The lowest BCUT2D eigenvalue weighted by Crippen LogP contribution is -2.40. The fraction of sp³-hybridized carbons (Fsp3) is 0.667. The normalized spacial score (nSPS) is 22.8. The van der Waals surface area contributed by atoms with Crippen LogP contribution < -0.4 is 10.1 Å². The van der Waals surface area contributed by atoms with Crippen molar-refractivity contribution in [2.75, 3.05) is 19.6 Å². The maximum Gasteiger partial charge on any atom is 0.328 e. The molecular weight excluding hydrogens is 312 g/mol. The minimum atomic E-state index is -0.128. The van der Waals surface area contributed by atoms with Crippen LogP contribution in [0.1, 0.15) is 57.1 Å². The smallest absolute Gasteiger partial charge is 0.328 e. The maximum atomic E-state index is 12.4. The number of hydrogen-bond donors (Lipinski definition) is 1. The van der Waals surface area contributed by atoms with E-state index in [0.717, 1.165) is 44.4 Å². The first kappa shape index (κ1) is 18.4. The molecule has 1 aliphatic heterocycles. The maximum absolute atomic E-state index is 12.4. The molecule has 1 saturated heterocycles. The molecule has 1 unspecified atom stereocenters. The molecule has 4 nitrogen and oxygen atoms in total. The van der Waals surface area contributed by atoms with Crippen LogP contribution in [0, 0.1) is 0 Å². The number of rotatable bonds is 7. The molecule has 4 heteroatoms. The molecule has 3 rings (SSSR count). The average Bonchev–Trinajstić information content (AvgIpc) is 3.16. The lowest BCUT2D eigenvalue weighted by molar-refractivity contribution is -0.136. The van der Waals surface area contributed by atoms with Crippen molar-refractivity contribution in [3.05, 3.63) is 29.3 Å². The highest BCUT2D eigenvalue weighted by Crippen LogP contribution is 2.32. The zero-order chi connectivity index (χ0) is 17.6. The summed E-state index contributed by atoms with van der Waals surface area (Å²) in [7, 11) is 0. The predicted octanol–water partition coefficient (Wildman–Crippen LogP) is 3.32. The summed E-state index contributed by atoms with van der Waals surface area (Å²) in [5.74, 6) is 0.666. The van der Waals surface area contributed by atoms with E-state index >= 15 is 0 Å². The first-order valence-electron chi connectivity index (χ1n) is 10.0. The Kier molecular flexibility index (Phi) is 6.49. The molecule has 1 N–H and O–H groups in total. The number of carbonyl (C=O) groups excluding carboxylic acids is 1. The standard InChI is InChI=1S/C21H32N2O2/c1-3-13-23(14-4-2)17-10-11-18-16(15-17)7-5-9-20(18)25-21(24)19-8-6-12-22-19/h5,7,9,17,19,22H,3-4,6,8,10-15H2,1-2H3/t17?,19-/m0/s1. The van der Waals surface area contributed by atoms with Gasteiger partial charge in [-0.25, -0.2) is 4.79 Å². The van der Waals surface area contributed by atoms with Crippen LogP contribution in [0.2, 0.25) is 0 Å². The molecule has 0 aromatic heterocycles. The van der Waals surface area contributed by atoms with E-state index in [1.54, 1.807) is 0 Å². The zero-order valence-corrected chi connectivity index (χ0v) is 15.7. The minimum Gasteiger partial charge on any atom is -0.425 e. The van der Waals surface area contributed by atoms with Gasteiger partial charge >= 0.3 is 5.97 Å². The second kappa shape index (κ2) is 8.81. The average molecular weight is 344 g/mol. The number of ether oxygens (including phenoxy) is 1. The van der Waals surface area contributed by atoms with Gasteiger partial charge in [-0.1, -0.05) is 26.0 Å². The number of nitrogens with zero attached hydrogens (tertiary/aromatic N) is 1. The first-order valence-corrected chi connectivity index (χ1v) is 10.0. The van der Waals surface area contributed by atoms with Crippen LogP contribution >= 0.6 is 0 Å². The fourth-order valence-electron chi connectivity index (χ4n) is 4.28. The third-order valence-electron chi connectivity index (χ3n) is 5.51. The van der Waals surface area contributed by atoms with Crippen LogP contribution in [0.25, 0.3) is 0 Å². The van der Waals surface area contributed by atoms with Crippen molar-refractivity contribution in [1.29, 1.82) is 0 Å². The van der Waals surface area contributed by atoms with Crippen molar-refractivity contribution in [1.82, 2.24) is 10.2 Å². The van der Waals surface area contributed by atoms with Gasteiger partial charge in [0, 0.05) is 6.04 Å². The molecule has 0 radical (unpaired) electrons. The van der Waals surface area contributed by atoms with Crippen molar-refractivity contribution < 1.29 is 9.53 Å². The highest BCUT2D eigenvalue weighted by Gasteiger charge is 2.28. The number of nitrogens with one attached hydrogen (secondary N) is 1. The molecule has 1 aliphatic carbocycles. The van der Waals surface area contributed by atoms with E-state index in [4.69, 9.17) is 4.74 Å². The summed E-state index contributed by atoms with van der Waals surface area (Å²) in [5.41, 5.74) is 2.61. The summed E-state index contributed by atoms with van der Waals surface area (Å²) in [4.78, 5) is 15.0. The molecule has 1 aromatic rings. The Bertz CT molecular complexity index is 575. The SMILES string of the molecule is CCCN(CCC)C1CCc2c(cccc2OC(=O)[C@@H]2CCCN2)C1. The van der Waals surface area contributed by atoms with Gasteiger partial charge in [-0.05, 0) is 81.8 Å². The molecule has 138 valence electrons. The van der Waals surface area contributed by atoms with E-state index in [0.29, 0.717) is 6.04 Å². The molecule has 0 amide bonds. The number of hydrogen-bond acceptors (Lipinski definition) is 4. The van der Waals surface area contributed by atoms with Gasteiger partial charge in [0.2, 0.25) is 0 Å². The van der Waals surface area contributed by atoms with Crippen molar-refractivity contribution >= 4 is 5.97 Å². The molecule has 25 heavy (non-hydrogen) atoms. The summed E-state index contributed by atoms with van der Waals surface area (Å²) in [6, 6.07) is 6.70. The lowest BCUT2D eigenvalue weighted by Gasteiger charge is -2.35. The number of carbonyl (C=O) groups is 1. The van der Waals surface area contributed by atoms with Crippen LogP contribution in [0.15, 0.2) is 18.2 Å².